The van der Waals surface area contributed by atoms with Crippen molar-refractivity contribution >= 4 is 46.5 Å². The van der Waals surface area contributed by atoms with Crippen LogP contribution in [-0.4, -0.2) is 29.5 Å². The van der Waals surface area contributed by atoms with Gasteiger partial charge in [-0.2, -0.15) is 0 Å². The number of nitrogens with one attached hydrogen (secondary N) is 2. The predicted molar refractivity (Wildman–Crippen MR) is 154 cm³/mol. The van der Waals surface area contributed by atoms with E-state index in [2.05, 4.69) is 22.8 Å². The number of nitrogens with zero attached hydrogens (tertiary/aromatic N) is 1. The maximum atomic E-state index is 13.6. The van der Waals surface area contributed by atoms with E-state index in [1.807, 2.05) is 49.1 Å². The molecule has 6 nitrogen and oxygen atoms in total. The third-order valence-corrected chi connectivity index (χ3v) is 8.19. The number of benzene rings is 3. The number of anilines is 1. The Balaban J connectivity index is 1.40. The molecule has 0 radical (unpaired) electrons. The Kier molecular flexibility index (Phi) is 6.88. The molecule has 8 heteroatoms. The van der Waals surface area contributed by atoms with Crippen molar-refractivity contribution in [3.8, 4) is 5.75 Å². The zero-order valence-electron chi connectivity index (χ0n) is 21.7. The van der Waals surface area contributed by atoms with Gasteiger partial charge in [-0.1, -0.05) is 55.2 Å². The molecule has 2 heterocycles. The van der Waals surface area contributed by atoms with E-state index in [9.17, 15) is 9.59 Å². The third kappa shape index (κ3) is 5.17. The van der Waals surface area contributed by atoms with E-state index in [-0.39, 0.29) is 23.9 Å². The number of carbonyl (C=O) groups excluding carboxylic acids is 2. The van der Waals surface area contributed by atoms with Crippen LogP contribution in [-0.2, 0) is 4.79 Å². The minimum absolute atomic E-state index is 0.0401. The van der Waals surface area contributed by atoms with Crippen molar-refractivity contribution in [3.63, 3.8) is 0 Å². The summed E-state index contributed by atoms with van der Waals surface area (Å²) in [6.07, 6.45) is 1.10. The number of hydrogen-bond acceptors (Lipinski definition) is 4. The fraction of sp³-hybridized carbons (Fsp3) is 0.290. The van der Waals surface area contributed by atoms with E-state index in [1.54, 1.807) is 24.3 Å². The summed E-state index contributed by atoms with van der Waals surface area (Å²) in [4.78, 5) is 27.7. The summed E-state index contributed by atoms with van der Waals surface area (Å²) >= 11 is 12.5. The van der Waals surface area contributed by atoms with Crippen LogP contribution in [0.3, 0.4) is 0 Å². The fourth-order valence-electron chi connectivity index (χ4n) is 5.65. The smallest absolute Gasteiger partial charge is 0.410 e. The van der Waals surface area contributed by atoms with Gasteiger partial charge in [0.05, 0.1) is 6.04 Å². The normalized spacial score (nSPS) is 21.5. The summed E-state index contributed by atoms with van der Waals surface area (Å²) in [5.74, 6) is 0.281. The van der Waals surface area contributed by atoms with Crippen LogP contribution in [0.1, 0.15) is 55.5 Å². The fourth-order valence-corrected chi connectivity index (χ4v) is 5.95. The van der Waals surface area contributed by atoms with Gasteiger partial charge in [0.25, 0.3) is 0 Å². The summed E-state index contributed by atoms with van der Waals surface area (Å²) < 4.78 is 5.81. The summed E-state index contributed by atoms with van der Waals surface area (Å²) in [5, 5.41) is 7.84. The molecule has 6 rings (SSSR count). The molecule has 2 N–H and O–H groups in total. The first-order valence-corrected chi connectivity index (χ1v) is 14.0. The summed E-state index contributed by atoms with van der Waals surface area (Å²) in [5.41, 5.74) is 6.54. The Morgan fingerprint density at radius 2 is 1.72 bits per heavy atom. The Morgan fingerprint density at radius 1 is 1.00 bits per heavy atom. The van der Waals surface area contributed by atoms with Gasteiger partial charge in [-0.05, 0) is 89.2 Å². The zero-order valence-corrected chi connectivity index (χ0v) is 23.2. The summed E-state index contributed by atoms with van der Waals surface area (Å²) in [6.45, 7) is 4.22. The maximum absolute atomic E-state index is 13.6. The Labute approximate surface area is 237 Å². The minimum atomic E-state index is -0.415. The van der Waals surface area contributed by atoms with Crippen LogP contribution >= 0.6 is 23.2 Å². The molecule has 3 aromatic rings. The van der Waals surface area contributed by atoms with Gasteiger partial charge in [0.1, 0.15) is 5.75 Å². The molecule has 0 saturated carbocycles. The van der Waals surface area contributed by atoms with Crippen LogP contribution in [0.15, 0.2) is 72.3 Å². The largest absolute Gasteiger partial charge is 0.416 e. The second kappa shape index (κ2) is 10.3. The molecule has 0 spiro atoms. The SMILES string of the molecule is CC(C)C(=O)Nc1ccc(C2C3=C(CCN2C(=O)Oc2ccc(Cl)cc2)c2cc(Cl)ccc2C2NC2C3)cc1. The highest BCUT2D eigenvalue weighted by Crippen LogP contribution is 2.51. The van der Waals surface area contributed by atoms with Crippen molar-refractivity contribution in [2.75, 3.05) is 11.9 Å². The molecule has 1 fully saturated rings. The van der Waals surface area contributed by atoms with E-state index in [0.29, 0.717) is 34.8 Å². The Bertz CT molecular complexity index is 1470. The van der Waals surface area contributed by atoms with Gasteiger partial charge in [0.15, 0.2) is 0 Å². The average molecular weight is 562 g/mol. The Morgan fingerprint density at radius 3 is 2.44 bits per heavy atom. The molecule has 3 atom stereocenters. The van der Waals surface area contributed by atoms with Crippen molar-refractivity contribution in [2.24, 2.45) is 5.92 Å². The van der Waals surface area contributed by atoms with Crippen molar-refractivity contribution < 1.29 is 14.3 Å². The molecule has 1 aliphatic carbocycles. The van der Waals surface area contributed by atoms with E-state index in [1.165, 1.54) is 16.7 Å². The van der Waals surface area contributed by atoms with Gasteiger partial charge in [0, 0.05) is 40.3 Å². The highest BCUT2D eigenvalue weighted by molar-refractivity contribution is 6.31. The lowest BCUT2D eigenvalue weighted by Crippen LogP contribution is -2.41. The summed E-state index contributed by atoms with van der Waals surface area (Å²) in [7, 11) is 0. The van der Waals surface area contributed by atoms with Crippen LogP contribution < -0.4 is 15.4 Å². The first-order chi connectivity index (χ1) is 18.8. The standard InChI is InChI=1S/C31H29Cl2N3O3/c1-17(2)30(37)34-21-8-3-18(4-9-21)29-26-16-27-28(35-27)24-12-7-20(33)15-25(24)23(26)13-14-36(29)31(38)39-22-10-5-19(32)6-11-22/h3-12,15,17,27-29,35H,13-14,16H2,1-2H3,(H,34,37). The first kappa shape index (κ1) is 25.9. The van der Waals surface area contributed by atoms with Crippen LogP contribution in [0.5, 0.6) is 5.75 Å². The van der Waals surface area contributed by atoms with Crippen LogP contribution in [0.4, 0.5) is 10.5 Å². The van der Waals surface area contributed by atoms with Gasteiger partial charge >= 0.3 is 6.09 Å². The van der Waals surface area contributed by atoms with Gasteiger partial charge in [-0.25, -0.2) is 4.79 Å². The van der Waals surface area contributed by atoms with Crippen molar-refractivity contribution in [1.29, 1.82) is 0 Å². The number of ether oxygens (including phenoxy) is 1. The molecule has 3 unspecified atom stereocenters. The van der Waals surface area contributed by atoms with Crippen molar-refractivity contribution in [3.05, 3.63) is 99.0 Å². The molecular formula is C31H29Cl2N3O3. The lowest BCUT2D eigenvalue weighted by molar-refractivity contribution is -0.118. The third-order valence-electron chi connectivity index (χ3n) is 7.71. The van der Waals surface area contributed by atoms with E-state index in [0.717, 1.165) is 23.2 Å². The van der Waals surface area contributed by atoms with Gasteiger partial charge < -0.3 is 15.4 Å². The quantitative estimate of drug-likeness (QED) is 0.325. The zero-order chi connectivity index (χ0) is 27.3. The number of rotatable bonds is 4. The molecule has 2 aliphatic heterocycles. The van der Waals surface area contributed by atoms with E-state index >= 15 is 0 Å². The molecule has 0 bridgehead atoms. The van der Waals surface area contributed by atoms with Crippen LogP contribution in [0.2, 0.25) is 10.0 Å². The Hall–Kier alpha value is -3.32. The average Bonchev–Trinajstić information content (AvgIpc) is 3.70. The van der Waals surface area contributed by atoms with E-state index in [4.69, 9.17) is 27.9 Å². The van der Waals surface area contributed by atoms with Crippen molar-refractivity contribution in [2.45, 2.75) is 44.8 Å². The first-order valence-electron chi connectivity index (χ1n) is 13.2. The number of amides is 2. The van der Waals surface area contributed by atoms with Crippen LogP contribution in [0.25, 0.3) is 5.57 Å². The lowest BCUT2D eigenvalue weighted by atomic mass is 9.83. The highest BCUT2D eigenvalue weighted by atomic mass is 35.5. The van der Waals surface area contributed by atoms with Crippen LogP contribution in [0, 0.1) is 5.92 Å². The van der Waals surface area contributed by atoms with E-state index < -0.39 is 6.09 Å². The molecule has 3 aromatic carbocycles. The molecular weight excluding hydrogens is 533 g/mol. The predicted octanol–water partition coefficient (Wildman–Crippen LogP) is 7.40. The molecule has 39 heavy (non-hydrogen) atoms. The number of hydrogen-bond donors (Lipinski definition) is 2. The number of halogens is 2. The molecule has 3 aliphatic rings. The minimum Gasteiger partial charge on any atom is -0.410 e. The molecule has 1 saturated heterocycles. The second-order valence-electron chi connectivity index (χ2n) is 10.6. The molecule has 200 valence electrons. The highest BCUT2D eigenvalue weighted by Gasteiger charge is 2.46. The number of fused-ring (bicyclic) bond motifs is 4. The van der Waals surface area contributed by atoms with Gasteiger partial charge in [-0.15, -0.1) is 0 Å². The molecule has 2 amide bonds. The monoisotopic (exact) mass is 561 g/mol. The number of carbonyl (C=O) groups is 2. The van der Waals surface area contributed by atoms with Gasteiger partial charge in [0.2, 0.25) is 5.91 Å². The molecule has 0 aromatic heterocycles. The second-order valence-corrected chi connectivity index (χ2v) is 11.5. The van der Waals surface area contributed by atoms with Gasteiger partial charge in [-0.3, -0.25) is 9.69 Å². The lowest BCUT2D eigenvalue weighted by Gasteiger charge is -2.39. The topological polar surface area (TPSA) is 80.6 Å². The maximum Gasteiger partial charge on any atom is 0.416 e. The summed E-state index contributed by atoms with van der Waals surface area (Å²) in [6, 6.07) is 20.9. The van der Waals surface area contributed by atoms with Crippen molar-refractivity contribution in [1.82, 2.24) is 10.2 Å².